The Morgan fingerprint density at radius 3 is 2.81 bits per heavy atom. The molecule has 86 valence electrons. The second-order valence-corrected chi connectivity index (χ2v) is 3.85. The number of rotatable bonds is 5. The van der Waals surface area contributed by atoms with Crippen molar-refractivity contribution < 1.29 is 14.7 Å². The molecular formula is C11H12ClNO3. The lowest BCUT2D eigenvalue weighted by atomic mass is 10.0. The van der Waals surface area contributed by atoms with Crippen LogP contribution in [0.2, 0.25) is 5.02 Å². The number of aliphatic carboxylic acids is 1. The normalized spacial score (nSPS) is 11.9. The lowest BCUT2D eigenvalue weighted by Gasteiger charge is -2.15. The molecule has 0 aliphatic rings. The molecule has 0 heterocycles. The van der Waals surface area contributed by atoms with Crippen LogP contribution in [0.4, 0.5) is 0 Å². The van der Waals surface area contributed by atoms with Gasteiger partial charge in [0.15, 0.2) is 0 Å². The van der Waals surface area contributed by atoms with Gasteiger partial charge in [0.05, 0.1) is 12.5 Å². The summed E-state index contributed by atoms with van der Waals surface area (Å²) in [5.74, 6) is -0.976. The molecule has 1 rings (SSSR count). The molecule has 2 N–H and O–H groups in total. The van der Waals surface area contributed by atoms with Gasteiger partial charge < -0.3 is 10.4 Å². The van der Waals surface area contributed by atoms with E-state index >= 15 is 0 Å². The van der Waals surface area contributed by atoms with Gasteiger partial charge in [-0.1, -0.05) is 23.7 Å². The molecule has 1 amide bonds. The zero-order valence-electron chi connectivity index (χ0n) is 8.74. The van der Waals surface area contributed by atoms with Crippen LogP contribution in [0.5, 0.6) is 0 Å². The summed E-state index contributed by atoms with van der Waals surface area (Å²) in [7, 11) is 0. The molecule has 0 unspecified atom stereocenters. The number of carboxylic acid groups (broad SMARTS) is 1. The Morgan fingerprint density at radius 1 is 1.62 bits per heavy atom. The average molecular weight is 242 g/mol. The molecule has 0 aliphatic carbocycles. The Morgan fingerprint density at radius 2 is 2.31 bits per heavy atom. The van der Waals surface area contributed by atoms with E-state index in [0.29, 0.717) is 17.0 Å². The predicted molar refractivity (Wildman–Crippen MR) is 60.4 cm³/mol. The van der Waals surface area contributed by atoms with Gasteiger partial charge >= 0.3 is 5.97 Å². The number of carboxylic acids is 1. The van der Waals surface area contributed by atoms with E-state index in [1.807, 2.05) is 6.92 Å². The van der Waals surface area contributed by atoms with Crippen LogP contribution in [0.3, 0.4) is 0 Å². The molecule has 0 aromatic heterocycles. The van der Waals surface area contributed by atoms with Crippen LogP contribution in [0, 0.1) is 6.92 Å². The zero-order valence-corrected chi connectivity index (χ0v) is 9.49. The lowest BCUT2D eigenvalue weighted by molar-refractivity contribution is -0.137. The first-order chi connectivity index (χ1) is 7.54. The standard InChI is InChI=1S/C11H12ClNO3/c1-7-2-3-8(4-9(7)12)10(13-6-14)5-11(15)16/h2-4,6,10H,5H2,1H3,(H,13,14)(H,15,16)/t10-/m1/s1. The molecule has 0 fully saturated rings. The number of benzene rings is 1. The highest BCUT2D eigenvalue weighted by molar-refractivity contribution is 6.31. The van der Waals surface area contributed by atoms with Crippen LogP contribution in [0.15, 0.2) is 18.2 Å². The van der Waals surface area contributed by atoms with Gasteiger partial charge in [0, 0.05) is 5.02 Å². The van der Waals surface area contributed by atoms with Gasteiger partial charge in [0.1, 0.15) is 0 Å². The van der Waals surface area contributed by atoms with Crippen LogP contribution in [-0.2, 0) is 9.59 Å². The maximum atomic E-state index is 10.6. The first-order valence-electron chi connectivity index (χ1n) is 4.72. The minimum atomic E-state index is -0.976. The number of aryl methyl sites for hydroxylation is 1. The van der Waals surface area contributed by atoms with E-state index in [2.05, 4.69) is 5.32 Å². The first-order valence-corrected chi connectivity index (χ1v) is 5.10. The number of halogens is 1. The second kappa shape index (κ2) is 5.51. The number of nitrogens with one attached hydrogen (secondary N) is 1. The first kappa shape index (κ1) is 12.5. The summed E-state index contributed by atoms with van der Waals surface area (Å²) >= 11 is 5.93. The summed E-state index contributed by atoms with van der Waals surface area (Å²) in [5, 5.41) is 11.7. The third-order valence-electron chi connectivity index (χ3n) is 2.25. The SMILES string of the molecule is Cc1ccc([C@@H](CC(=O)O)NC=O)cc1Cl. The van der Waals surface area contributed by atoms with Gasteiger partial charge in [-0.2, -0.15) is 0 Å². The third kappa shape index (κ3) is 3.24. The third-order valence-corrected chi connectivity index (χ3v) is 2.65. The number of amides is 1. The van der Waals surface area contributed by atoms with Crippen LogP contribution in [0.1, 0.15) is 23.6 Å². The fourth-order valence-corrected chi connectivity index (χ4v) is 1.54. The largest absolute Gasteiger partial charge is 0.481 e. The van der Waals surface area contributed by atoms with Crippen molar-refractivity contribution in [3.05, 3.63) is 34.3 Å². The lowest BCUT2D eigenvalue weighted by Crippen LogP contribution is -2.22. The average Bonchev–Trinajstić information content (AvgIpc) is 2.21. The molecule has 16 heavy (non-hydrogen) atoms. The maximum absolute atomic E-state index is 10.6. The van der Waals surface area contributed by atoms with Gasteiger partial charge in [-0.25, -0.2) is 0 Å². The van der Waals surface area contributed by atoms with E-state index in [9.17, 15) is 9.59 Å². The van der Waals surface area contributed by atoms with Crippen LogP contribution in [0.25, 0.3) is 0 Å². The van der Waals surface area contributed by atoms with E-state index in [1.165, 1.54) is 0 Å². The van der Waals surface area contributed by atoms with Gasteiger partial charge in [-0.05, 0) is 24.1 Å². The maximum Gasteiger partial charge on any atom is 0.305 e. The summed E-state index contributed by atoms with van der Waals surface area (Å²) in [6, 6.07) is 4.67. The number of hydrogen-bond acceptors (Lipinski definition) is 2. The van der Waals surface area contributed by atoms with Crippen LogP contribution >= 0.6 is 11.6 Å². The molecule has 5 heteroatoms. The number of carbonyl (C=O) groups excluding carboxylic acids is 1. The molecule has 0 aliphatic heterocycles. The monoisotopic (exact) mass is 241 g/mol. The highest BCUT2D eigenvalue weighted by atomic mass is 35.5. The summed E-state index contributed by atoms with van der Waals surface area (Å²) in [4.78, 5) is 21.0. The van der Waals surface area contributed by atoms with E-state index in [4.69, 9.17) is 16.7 Å². The molecule has 1 aromatic carbocycles. The van der Waals surface area contributed by atoms with E-state index in [1.54, 1.807) is 18.2 Å². The Bertz CT molecular complexity index is 406. The molecule has 1 atom stereocenters. The molecule has 0 saturated carbocycles. The fourth-order valence-electron chi connectivity index (χ4n) is 1.36. The summed E-state index contributed by atoms with van der Waals surface area (Å²) in [6.07, 6.45) is 0.319. The molecule has 0 saturated heterocycles. The van der Waals surface area contributed by atoms with Crippen molar-refractivity contribution in [1.29, 1.82) is 0 Å². The van der Waals surface area contributed by atoms with Crippen molar-refractivity contribution in [3.63, 3.8) is 0 Å². The van der Waals surface area contributed by atoms with Crippen molar-refractivity contribution in [3.8, 4) is 0 Å². The molecular weight excluding hydrogens is 230 g/mol. The van der Waals surface area contributed by atoms with Crippen LogP contribution < -0.4 is 5.32 Å². The molecule has 1 aromatic rings. The van der Waals surface area contributed by atoms with Gasteiger partial charge in [0.2, 0.25) is 6.41 Å². The predicted octanol–water partition coefficient (Wildman–Crippen LogP) is 1.91. The summed E-state index contributed by atoms with van der Waals surface area (Å²) in [6.45, 7) is 1.85. The quantitative estimate of drug-likeness (QED) is 0.774. The van der Waals surface area contributed by atoms with Gasteiger partial charge in [-0.15, -0.1) is 0 Å². The minimum absolute atomic E-state index is 0.169. The van der Waals surface area contributed by atoms with Crippen molar-refractivity contribution in [1.82, 2.24) is 5.32 Å². The highest BCUT2D eigenvalue weighted by Crippen LogP contribution is 2.23. The van der Waals surface area contributed by atoms with E-state index in [-0.39, 0.29) is 6.42 Å². The Balaban J connectivity index is 2.95. The topological polar surface area (TPSA) is 66.4 Å². The van der Waals surface area contributed by atoms with E-state index in [0.717, 1.165) is 5.56 Å². The van der Waals surface area contributed by atoms with Crippen molar-refractivity contribution in [2.24, 2.45) is 0 Å². The van der Waals surface area contributed by atoms with E-state index < -0.39 is 12.0 Å². The smallest absolute Gasteiger partial charge is 0.305 e. The molecule has 0 spiro atoms. The van der Waals surface area contributed by atoms with Crippen molar-refractivity contribution in [2.45, 2.75) is 19.4 Å². The Hall–Kier alpha value is -1.55. The van der Waals surface area contributed by atoms with Gasteiger partial charge in [0.25, 0.3) is 0 Å². The number of carbonyl (C=O) groups is 2. The highest BCUT2D eigenvalue weighted by Gasteiger charge is 2.15. The Kier molecular flexibility index (Phi) is 4.31. The Labute approximate surface area is 98.2 Å². The molecule has 0 radical (unpaired) electrons. The fraction of sp³-hybridized carbons (Fsp3) is 0.273. The molecule has 0 bridgehead atoms. The van der Waals surface area contributed by atoms with Gasteiger partial charge in [-0.3, -0.25) is 9.59 Å². The van der Waals surface area contributed by atoms with Crippen LogP contribution in [-0.4, -0.2) is 17.5 Å². The second-order valence-electron chi connectivity index (χ2n) is 3.44. The number of hydrogen-bond donors (Lipinski definition) is 2. The van der Waals surface area contributed by atoms with Crippen molar-refractivity contribution in [2.75, 3.05) is 0 Å². The minimum Gasteiger partial charge on any atom is -0.481 e. The summed E-state index contributed by atoms with van der Waals surface area (Å²) in [5.41, 5.74) is 1.59. The molecule has 4 nitrogen and oxygen atoms in total. The summed E-state index contributed by atoms with van der Waals surface area (Å²) < 4.78 is 0. The van der Waals surface area contributed by atoms with Crippen molar-refractivity contribution >= 4 is 24.0 Å². The zero-order chi connectivity index (χ0) is 12.1.